The second-order valence-corrected chi connectivity index (χ2v) is 8.17. The molecule has 0 aliphatic heterocycles. The number of amides is 1. The van der Waals surface area contributed by atoms with Crippen LogP contribution in [-0.2, 0) is 0 Å². The fourth-order valence-electron chi connectivity index (χ4n) is 1.91. The summed E-state index contributed by atoms with van der Waals surface area (Å²) < 4.78 is 2.12. The first-order valence-corrected chi connectivity index (χ1v) is 9.56. The summed E-state index contributed by atoms with van der Waals surface area (Å²) >= 11 is 15.7. The normalized spacial score (nSPS) is 10.3. The van der Waals surface area contributed by atoms with Crippen molar-refractivity contribution in [3.8, 4) is 0 Å². The first-order valence-electron chi connectivity index (χ1n) is 6.62. The standard InChI is InChI=1S/C16H13ClI2N2OS/c1-8-6-14(9(2)5-13(8)19)20-16(23)21-15(22)11-7-10(18)3-4-12(11)17/h3-7H,1-2H3,(H2,20,21,22,23). The Balaban J connectivity index is 2.12. The summed E-state index contributed by atoms with van der Waals surface area (Å²) in [6, 6.07) is 9.34. The number of hydrogen-bond donors (Lipinski definition) is 2. The Kier molecular flexibility index (Phi) is 6.64. The lowest BCUT2D eigenvalue weighted by molar-refractivity contribution is 0.0978. The molecule has 0 aromatic heterocycles. The van der Waals surface area contributed by atoms with Crippen LogP contribution in [0.1, 0.15) is 21.5 Å². The van der Waals surface area contributed by atoms with Gasteiger partial charge in [0.2, 0.25) is 0 Å². The van der Waals surface area contributed by atoms with Gasteiger partial charge in [-0.3, -0.25) is 10.1 Å². The van der Waals surface area contributed by atoms with Crippen molar-refractivity contribution in [3.05, 3.63) is 59.2 Å². The minimum Gasteiger partial charge on any atom is -0.332 e. The molecule has 0 aliphatic rings. The zero-order valence-corrected chi connectivity index (χ0v) is 18.2. The molecule has 2 aromatic carbocycles. The van der Waals surface area contributed by atoms with Gasteiger partial charge in [-0.05, 0) is 113 Å². The van der Waals surface area contributed by atoms with Crippen LogP contribution in [0.25, 0.3) is 0 Å². The van der Waals surface area contributed by atoms with Crippen LogP contribution in [0.3, 0.4) is 0 Å². The summed E-state index contributed by atoms with van der Waals surface area (Å²) in [5, 5.41) is 6.37. The van der Waals surface area contributed by atoms with E-state index in [1.807, 2.05) is 26.0 Å². The number of benzene rings is 2. The Morgan fingerprint density at radius 3 is 2.52 bits per heavy atom. The van der Waals surface area contributed by atoms with Gasteiger partial charge in [-0.15, -0.1) is 0 Å². The molecule has 7 heteroatoms. The predicted molar refractivity (Wildman–Crippen MR) is 116 cm³/mol. The lowest BCUT2D eigenvalue weighted by Crippen LogP contribution is -2.34. The maximum Gasteiger partial charge on any atom is 0.258 e. The monoisotopic (exact) mass is 570 g/mol. The highest BCUT2D eigenvalue weighted by Crippen LogP contribution is 2.22. The zero-order chi connectivity index (χ0) is 17.1. The topological polar surface area (TPSA) is 41.1 Å². The molecule has 0 spiro atoms. The van der Waals surface area contributed by atoms with Gasteiger partial charge >= 0.3 is 0 Å². The molecule has 0 atom stereocenters. The average Bonchev–Trinajstić information content (AvgIpc) is 2.47. The van der Waals surface area contributed by atoms with E-state index >= 15 is 0 Å². The Hall–Kier alpha value is -0.450. The summed E-state index contributed by atoms with van der Waals surface area (Å²) in [5.41, 5.74) is 3.48. The molecule has 0 unspecified atom stereocenters. The molecule has 0 saturated carbocycles. The van der Waals surface area contributed by atoms with Gasteiger partial charge in [0, 0.05) is 12.8 Å². The largest absolute Gasteiger partial charge is 0.332 e. The van der Waals surface area contributed by atoms with Gasteiger partial charge in [-0.1, -0.05) is 11.6 Å². The summed E-state index contributed by atoms with van der Waals surface area (Å²) in [6.45, 7) is 4.02. The van der Waals surface area contributed by atoms with Gasteiger partial charge < -0.3 is 5.32 Å². The van der Waals surface area contributed by atoms with Gasteiger partial charge in [0.05, 0.1) is 10.6 Å². The van der Waals surface area contributed by atoms with Crippen LogP contribution in [0, 0.1) is 21.0 Å². The molecule has 2 N–H and O–H groups in total. The van der Waals surface area contributed by atoms with Crippen LogP contribution in [0.15, 0.2) is 30.3 Å². The molecule has 1 amide bonds. The van der Waals surface area contributed by atoms with Crippen LogP contribution in [-0.4, -0.2) is 11.0 Å². The van der Waals surface area contributed by atoms with E-state index in [4.69, 9.17) is 23.8 Å². The smallest absolute Gasteiger partial charge is 0.258 e. The average molecular weight is 571 g/mol. The Morgan fingerprint density at radius 1 is 1.13 bits per heavy atom. The molecule has 23 heavy (non-hydrogen) atoms. The van der Waals surface area contributed by atoms with Crippen molar-refractivity contribution in [2.45, 2.75) is 13.8 Å². The van der Waals surface area contributed by atoms with Gasteiger partial charge in [0.15, 0.2) is 5.11 Å². The summed E-state index contributed by atoms with van der Waals surface area (Å²) in [4.78, 5) is 12.3. The Bertz CT molecular complexity index is 796. The van der Waals surface area contributed by atoms with Crippen LogP contribution in [0.5, 0.6) is 0 Å². The third-order valence-corrected chi connectivity index (χ3v) is 5.52. The fraction of sp³-hybridized carbons (Fsp3) is 0.125. The van der Waals surface area contributed by atoms with E-state index in [1.54, 1.807) is 12.1 Å². The number of halogens is 3. The molecule has 0 radical (unpaired) electrons. The van der Waals surface area contributed by atoms with Gasteiger partial charge in [-0.2, -0.15) is 0 Å². The minimum absolute atomic E-state index is 0.244. The van der Waals surface area contributed by atoms with Gasteiger partial charge in [0.1, 0.15) is 0 Å². The molecule has 2 aromatic rings. The molecule has 0 saturated heterocycles. The first-order chi connectivity index (χ1) is 10.8. The van der Waals surface area contributed by atoms with E-state index in [-0.39, 0.29) is 11.0 Å². The lowest BCUT2D eigenvalue weighted by Gasteiger charge is -2.14. The summed E-state index contributed by atoms with van der Waals surface area (Å²) in [6.07, 6.45) is 0. The van der Waals surface area contributed by atoms with Crippen molar-refractivity contribution in [1.29, 1.82) is 0 Å². The number of hydrogen-bond acceptors (Lipinski definition) is 2. The SMILES string of the molecule is Cc1cc(NC(=S)NC(=O)c2cc(I)ccc2Cl)c(C)cc1I. The highest BCUT2D eigenvalue weighted by atomic mass is 127. The number of carbonyl (C=O) groups is 1. The first kappa shape index (κ1) is 18.9. The van der Waals surface area contributed by atoms with Crippen LogP contribution >= 0.6 is 69.0 Å². The van der Waals surface area contributed by atoms with Crippen LogP contribution in [0.4, 0.5) is 5.69 Å². The number of aryl methyl sites for hydroxylation is 2. The highest BCUT2D eigenvalue weighted by molar-refractivity contribution is 14.1. The van der Waals surface area contributed by atoms with E-state index < -0.39 is 0 Å². The second-order valence-electron chi connectivity index (χ2n) is 4.95. The number of carbonyl (C=O) groups excluding carboxylic acids is 1. The Morgan fingerprint density at radius 2 is 1.83 bits per heavy atom. The molecular weight excluding hydrogens is 558 g/mol. The minimum atomic E-state index is -0.328. The van der Waals surface area contributed by atoms with Crippen molar-refractivity contribution >= 4 is 85.7 Å². The molecule has 3 nitrogen and oxygen atoms in total. The molecule has 2 rings (SSSR count). The third kappa shape index (κ3) is 5.01. The van der Waals surface area contributed by atoms with E-state index in [0.29, 0.717) is 10.6 Å². The van der Waals surface area contributed by atoms with Crippen molar-refractivity contribution in [2.75, 3.05) is 5.32 Å². The molecule has 120 valence electrons. The van der Waals surface area contributed by atoms with E-state index in [1.165, 1.54) is 3.57 Å². The lowest BCUT2D eigenvalue weighted by atomic mass is 10.1. The van der Waals surface area contributed by atoms with E-state index in [2.05, 4.69) is 61.9 Å². The second kappa shape index (κ2) is 8.09. The summed E-state index contributed by atoms with van der Waals surface area (Å²) in [7, 11) is 0. The van der Waals surface area contributed by atoms with E-state index in [0.717, 1.165) is 20.4 Å². The zero-order valence-electron chi connectivity index (χ0n) is 12.3. The van der Waals surface area contributed by atoms with Crippen molar-refractivity contribution < 1.29 is 4.79 Å². The Labute approximate surface area is 172 Å². The van der Waals surface area contributed by atoms with Crippen LogP contribution < -0.4 is 10.6 Å². The highest BCUT2D eigenvalue weighted by Gasteiger charge is 2.13. The van der Waals surface area contributed by atoms with Crippen LogP contribution in [0.2, 0.25) is 5.02 Å². The number of rotatable bonds is 2. The molecular formula is C16H13ClI2N2OS. The third-order valence-electron chi connectivity index (χ3n) is 3.15. The molecule has 0 heterocycles. The molecule has 0 bridgehead atoms. The molecule has 0 aliphatic carbocycles. The number of anilines is 1. The van der Waals surface area contributed by atoms with E-state index in [9.17, 15) is 4.79 Å². The van der Waals surface area contributed by atoms with Crippen molar-refractivity contribution in [3.63, 3.8) is 0 Å². The fourth-order valence-corrected chi connectivity index (χ4v) is 3.43. The predicted octanol–water partition coefficient (Wildman–Crippen LogP) is 5.29. The quantitative estimate of drug-likeness (QED) is 0.381. The maximum absolute atomic E-state index is 12.3. The molecule has 0 fully saturated rings. The number of thiocarbonyl (C=S) groups is 1. The van der Waals surface area contributed by atoms with Gasteiger partial charge in [-0.25, -0.2) is 0 Å². The van der Waals surface area contributed by atoms with Crippen molar-refractivity contribution in [2.24, 2.45) is 0 Å². The summed E-state index contributed by atoms with van der Waals surface area (Å²) in [5.74, 6) is -0.328. The van der Waals surface area contributed by atoms with Crippen molar-refractivity contribution in [1.82, 2.24) is 5.32 Å². The maximum atomic E-state index is 12.3. The number of nitrogens with one attached hydrogen (secondary N) is 2. The van der Waals surface area contributed by atoms with Gasteiger partial charge in [0.25, 0.3) is 5.91 Å².